The van der Waals surface area contributed by atoms with E-state index in [9.17, 15) is 4.79 Å². The van der Waals surface area contributed by atoms with Crippen molar-refractivity contribution in [3.05, 3.63) is 18.2 Å². The van der Waals surface area contributed by atoms with Gasteiger partial charge >= 0.3 is 5.97 Å². The molecule has 0 spiro atoms. The maximum absolute atomic E-state index is 10.9. The van der Waals surface area contributed by atoms with E-state index in [2.05, 4.69) is 10.1 Å². The number of hydrogen-bond acceptors (Lipinski definition) is 5. The summed E-state index contributed by atoms with van der Waals surface area (Å²) in [5.41, 5.74) is 7.13. The molecular weight excluding hydrogens is 208 g/mol. The highest BCUT2D eigenvalue weighted by atomic mass is 16.5. The summed E-state index contributed by atoms with van der Waals surface area (Å²) in [6, 6.07) is 5.44. The third-order valence-corrected chi connectivity index (χ3v) is 2.16. The molecule has 5 nitrogen and oxygen atoms in total. The van der Waals surface area contributed by atoms with Gasteiger partial charge in [-0.1, -0.05) is 6.07 Å². The van der Waals surface area contributed by atoms with Crippen molar-refractivity contribution >= 4 is 17.3 Å². The van der Waals surface area contributed by atoms with Crippen LogP contribution in [-0.2, 0) is 9.53 Å². The zero-order valence-electron chi connectivity index (χ0n) is 9.45. The van der Waals surface area contributed by atoms with Crippen LogP contribution in [0.15, 0.2) is 18.2 Å². The van der Waals surface area contributed by atoms with Crippen LogP contribution in [0, 0.1) is 0 Å². The van der Waals surface area contributed by atoms with Gasteiger partial charge in [-0.15, -0.1) is 0 Å². The summed E-state index contributed by atoms with van der Waals surface area (Å²) in [6.07, 6.45) is 0.299. The Kier molecular flexibility index (Phi) is 4.44. The fourth-order valence-corrected chi connectivity index (χ4v) is 1.28. The van der Waals surface area contributed by atoms with Crippen LogP contribution in [0.4, 0.5) is 11.4 Å². The number of esters is 1. The van der Waals surface area contributed by atoms with Crippen LogP contribution in [0.3, 0.4) is 0 Å². The highest BCUT2D eigenvalue weighted by Gasteiger charge is 2.05. The normalized spacial score (nSPS) is 9.62. The van der Waals surface area contributed by atoms with Gasteiger partial charge in [0.1, 0.15) is 5.75 Å². The molecular formula is C11H16N2O3. The van der Waals surface area contributed by atoms with E-state index >= 15 is 0 Å². The number of ether oxygens (including phenoxy) is 2. The van der Waals surface area contributed by atoms with Crippen molar-refractivity contribution in [3.8, 4) is 5.75 Å². The number of methoxy groups -OCH3 is 2. The van der Waals surface area contributed by atoms with E-state index in [0.717, 1.165) is 5.69 Å². The predicted octanol–water partition coefficient (Wildman–Crippen LogP) is 1.25. The van der Waals surface area contributed by atoms with E-state index < -0.39 is 0 Å². The lowest BCUT2D eigenvalue weighted by atomic mass is 10.2. The Morgan fingerprint density at radius 1 is 1.44 bits per heavy atom. The molecule has 88 valence electrons. The molecule has 0 saturated carbocycles. The third kappa shape index (κ3) is 3.05. The Labute approximate surface area is 94.5 Å². The van der Waals surface area contributed by atoms with E-state index in [0.29, 0.717) is 24.4 Å². The number of carbonyl (C=O) groups excluding carboxylic acids is 1. The summed E-state index contributed by atoms with van der Waals surface area (Å²) in [4.78, 5) is 10.9. The molecule has 0 atom stereocenters. The molecule has 0 amide bonds. The third-order valence-electron chi connectivity index (χ3n) is 2.16. The highest BCUT2D eigenvalue weighted by molar-refractivity contribution is 5.74. The summed E-state index contributed by atoms with van der Waals surface area (Å²) in [6.45, 7) is 0.476. The Morgan fingerprint density at radius 2 is 2.19 bits per heavy atom. The molecule has 0 saturated heterocycles. The fourth-order valence-electron chi connectivity index (χ4n) is 1.28. The average Bonchev–Trinajstić information content (AvgIpc) is 2.31. The number of hydrogen-bond donors (Lipinski definition) is 2. The lowest BCUT2D eigenvalue weighted by Gasteiger charge is -2.11. The maximum atomic E-state index is 10.9. The van der Waals surface area contributed by atoms with E-state index in [-0.39, 0.29) is 5.97 Å². The predicted molar refractivity (Wildman–Crippen MR) is 62.5 cm³/mol. The molecule has 0 radical (unpaired) electrons. The average molecular weight is 224 g/mol. The lowest BCUT2D eigenvalue weighted by Crippen LogP contribution is -2.10. The van der Waals surface area contributed by atoms with Gasteiger partial charge in [0.2, 0.25) is 0 Å². The molecule has 0 unspecified atom stereocenters. The van der Waals surface area contributed by atoms with Gasteiger partial charge in [-0.2, -0.15) is 0 Å². The van der Waals surface area contributed by atoms with Crippen LogP contribution in [0.25, 0.3) is 0 Å². The molecule has 1 aromatic rings. The lowest BCUT2D eigenvalue weighted by molar-refractivity contribution is -0.140. The van der Waals surface area contributed by atoms with E-state index in [4.69, 9.17) is 10.5 Å². The summed E-state index contributed by atoms with van der Waals surface area (Å²) >= 11 is 0. The molecule has 5 heteroatoms. The van der Waals surface area contributed by atoms with Gasteiger partial charge in [0.25, 0.3) is 0 Å². The van der Waals surface area contributed by atoms with Crippen molar-refractivity contribution in [1.29, 1.82) is 0 Å². The molecule has 1 aromatic carbocycles. The molecule has 1 rings (SSSR count). The first-order valence-electron chi connectivity index (χ1n) is 4.92. The van der Waals surface area contributed by atoms with Crippen LogP contribution >= 0.6 is 0 Å². The number of benzene rings is 1. The molecule has 0 fully saturated rings. The van der Waals surface area contributed by atoms with Gasteiger partial charge in [0, 0.05) is 6.54 Å². The summed E-state index contributed by atoms with van der Waals surface area (Å²) < 4.78 is 9.61. The van der Waals surface area contributed by atoms with Gasteiger partial charge in [-0.25, -0.2) is 0 Å². The number of anilines is 2. The zero-order chi connectivity index (χ0) is 12.0. The number of nitrogen functional groups attached to an aromatic ring is 1. The Hall–Kier alpha value is -1.91. The Balaban J connectivity index is 2.57. The molecule has 0 aliphatic rings. The standard InChI is InChI=1S/C11H16N2O3/c1-15-9-5-3-4-8(11(9)12)13-7-6-10(14)16-2/h3-5,13H,6-7,12H2,1-2H3. The minimum atomic E-state index is -0.256. The minimum Gasteiger partial charge on any atom is -0.495 e. The van der Waals surface area contributed by atoms with Crippen molar-refractivity contribution < 1.29 is 14.3 Å². The second-order valence-corrected chi connectivity index (χ2v) is 3.17. The fraction of sp³-hybridized carbons (Fsp3) is 0.364. The van der Waals surface area contributed by atoms with E-state index in [1.54, 1.807) is 13.2 Å². The van der Waals surface area contributed by atoms with Crippen molar-refractivity contribution in [2.45, 2.75) is 6.42 Å². The zero-order valence-corrected chi connectivity index (χ0v) is 9.45. The van der Waals surface area contributed by atoms with Crippen LogP contribution in [0.5, 0.6) is 5.75 Å². The topological polar surface area (TPSA) is 73.6 Å². The second kappa shape index (κ2) is 5.85. The van der Waals surface area contributed by atoms with Crippen LogP contribution in [0.1, 0.15) is 6.42 Å². The first kappa shape index (κ1) is 12.2. The smallest absolute Gasteiger partial charge is 0.307 e. The summed E-state index contributed by atoms with van der Waals surface area (Å²) in [5, 5.41) is 3.05. The van der Waals surface area contributed by atoms with Crippen molar-refractivity contribution in [1.82, 2.24) is 0 Å². The Morgan fingerprint density at radius 3 is 2.81 bits per heavy atom. The number of para-hydroxylation sites is 1. The van der Waals surface area contributed by atoms with Gasteiger partial charge < -0.3 is 20.5 Å². The van der Waals surface area contributed by atoms with Crippen molar-refractivity contribution in [2.24, 2.45) is 0 Å². The number of nitrogens with two attached hydrogens (primary N) is 1. The molecule has 0 aliphatic carbocycles. The van der Waals surface area contributed by atoms with Crippen LogP contribution < -0.4 is 15.8 Å². The summed E-state index contributed by atoms with van der Waals surface area (Å²) in [7, 11) is 2.92. The quantitative estimate of drug-likeness (QED) is 0.581. The molecule has 3 N–H and O–H groups in total. The highest BCUT2D eigenvalue weighted by Crippen LogP contribution is 2.28. The van der Waals surface area contributed by atoms with E-state index in [1.165, 1.54) is 7.11 Å². The van der Waals surface area contributed by atoms with Gasteiger partial charge in [0.15, 0.2) is 0 Å². The molecule has 0 bridgehead atoms. The number of carbonyl (C=O) groups is 1. The van der Waals surface area contributed by atoms with Crippen molar-refractivity contribution in [2.75, 3.05) is 31.8 Å². The second-order valence-electron chi connectivity index (χ2n) is 3.17. The number of rotatable bonds is 5. The number of nitrogens with one attached hydrogen (secondary N) is 1. The molecule has 0 heterocycles. The van der Waals surface area contributed by atoms with Crippen LogP contribution in [0.2, 0.25) is 0 Å². The molecule has 0 aromatic heterocycles. The molecule has 16 heavy (non-hydrogen) atoms. The monoisotopic (exact) mass is 224 g/mol. The van der Waals surface area contributed by atoms with Crippen LogP contribution in [-0.4, -0.2) is 26.7 Å². The van der Waals surface area contributed by atoms with E-state index in [1.807, 2.05) is 12.1 Å². The summed E-state index contributed by atoms with van der Waals surface area (Å²) in [5.74, 6) is 0.358. The maximum Gasteiger partial charge on any atom is 0.307 e. The molecule has 0 aliphatic heterocycles. The largest absolute Gasteiger partial charge is 0.495 e. The van der Waals surface area contributed by atoms with Gasteiger partial charge in [-0.3, -0.25) is 4.79 Å². The Bertz CT molecular complexity index is 366. The first-order valence-corrected chi connectivity index (χ1v) is 4.92. The van der Waals surface area contributed by atoms with Gasteiger partial charge in [0.05, 0.1) is 32.0 Å². The minimum absolute atomic E-state index is 0.256. The van der Waals surface area contributed by atoms with Crippen molar-refractivity contribution in [3.63, 3.8) is 0 Å². The first-order chi connectivity index (χ1) is 7.69. The van der Waals surface area contributed by atoms with Gasteiger partial charge in [-0.05, 0) is 12.1 Å². The SMILES string of the molecule is COC(=O)CCNc1cccc(OC)c1N.